The van der Waals surface area contributed by atoms with Gasteiger partial charge < -0.3 is 20.1 Å². The predicted octanol–water partition coefficient (Wildman–Crippen LogP) is 3.75. The van der Waals surface area contributed by atoms with Gasteiger partial charge in [0.1, 0.15) is 17.2 Å². The summed E-state index contributed by atoms with van der Waals surface area (Å²) in [5, 5.41) is 24.9. The zero-order valence-electron chi connectivity index (χ0n) is 21.3. The summed E-state index contributed by atoms with van der Waals surface area (Å²) in [6.45, 7) is 6.78. The average Bonchev–Trinajstić information content (AvgIpc) is 3.55. The van der Waals surface area contributed by atoms with Gasteiger partial charge in [0.2, 0.25) is 0 Å². The van der Waals surface area contributed by atoms with Crippen LogP contribution in [0.15, 0.2) is 73.4 Å². The molecular weight excluding hydrogens is 478 g/mol. The van der Waals surface area contributed by atoms with Gasteiger partial charge in [-0.3, -0.25) is 9.58 Å². The number of phenols is 1. The molecule has 0 radical (unpaired) electrons. The first-order chi connectivity index (χ1) is 18.5. The minimum atomic E-state index is -0.300. The molecule has 194 valence electrons. The molecule has 0 amide bonds. The van der Waals surface area contributed by atoms with Gasteiger partial charge in [-0.25, -0.2) is 9.97 Å². The van der Waals surface area contributed by atoms with Crippen LogP contribution in [0.4, 0.5) is 5.82 Å². The SMILES string of the molecule is CC(O)CN1CCN(c2ccc(-c3cnc4[nH]cc(-c5cnn(Cc6cccc(O)c6)c5)c4c3)cn2)CC1. The Balaban J connectivity index is 1.19. The Morgan fingerprint density at radius 2 is 1.79 bits per heavy atom. The van der Waals surface area contributed by atoms with Crippen LogP contribution in [0.1, 0.15) is 12.5 Å². The number of nitrogens with zero attached hydrogens (tertiary/aromatic N) is 6. The number of rotatable bonds is 7. The highest BCUT2D eigenvalue weighted by atomic mass is 16.3. The number of hydrogen-bond donors (Lipinski definition) is 3. The molecule has 1 unspecified atom stereocenters. The number of β-amino-alcohol motifs (C(OH)–C–C–N with tert-alkyl or cyclic N) is 1. The third kappa shape index (κ3) is 5.11. The Hall–Kier alpha value is -4.21. The first kappa shape index (κ1) is 24.1. The summed E-state index contributed by atoms with van der Waals surface area (Å²) >= 11 is 0. The van der Waals surface area contributed by atoms with E-state index in [2.05, 4.69) is 43.1 Å². The Morgan fingerprint density at radius 3 is 2.55 bits per heavy atom. The quantitative estimate of drug-likeness (QED) is 0.307. The first-order valence-electron chi connectivity index (χ1n) is 12.9. The van der Waals surface area contributed by atoms with Crippen LogP contribution in [-0.2, 0) is 6.54 Å². The van der Waals surface area contributed by atoms with Crippen molar-refractivity contribution in [3.8, 4) is 28.0 Å². The van der Waals surface area contributed by atoms with Gasteiger partial charge in [-0.15, -0.1) is 0 Å². The minimum Gasteiger partial charge on any atom is -0.508 e. The monoisotopic (exact) mass is 509 g/mol. The number of anilines is 1. The van der Waals surface area contributed by atoms with Crippen LogP contribution in [0.2, 0.25) is 0 Å². The molecule has 1 atom stereocenters. The molecule has 1 aliphatic heterocycles. The number of aliphatic hydroxyl groups excluding tert-OH is 1. The van der Waals surface area contributed by atoms with Crippen LogP contribution in [0.5, 0.6) is 5.75 Å². The number of aromatic amines is 1. The van der Waals surface area contributed by atoms with E-state index in [0.717, 1.165) is 77.4 Å². The average molecular weight is 510 g/mol. The molecule has 1 aromatic carbocycles. The Kier molecular flexibility index (Phi) is 6.53. The second kappa shape index (κ2) is 10.3. The second-order valence-electron chi connectivity index (χ2n) is 9.96. The third-order valence-corrected chi connectivity index (χ3v) is 7.03. The van der Waals surface area contributed by atoms with Crippen molar-refractivity contribution in [2.24, 2.45) is 0 Å². The molecular formula is C29H31N7O2. The number of hydrogen-bond acceptors (Lipinski definition) is 7. The van der Waals surface area contributed by atoms with E-state index < -0.39 is 0 Å². The van der Waals surface area contributed by atoms with Crippen molar-refractivity contribution in [1.29, 1.82) is 0 Å². The molecule has 1 saturated heterocycles. The zero-order chi connectivity index (χ0) is 26.1. The molecule has 0 bridgehead atoms. The smallest absolute Gasteiger partial charge is 0.137 e. The van der Waals surface area contributed by atoms with Crippen molar-refractivity contribution < 1.29 is 10.2 Å². The molecule has 0 aliphatic carbocycles. The molecule has 6 rings (SSSR count). The van der Waals surface area contributed by atoms with Gasteiger partial charge in [-0.05, 0) is 42.8 Å². The van der Waals surface area contributed by atoms with E-state index in [1.807, 2.05) is 54.7 Å². The fourth-order valence-electron chi connectivity index (χ4n) is 5.11. The summed E-state index contributed by atoms with van der Waals surface area (Å²) in [6, 6.07) is 13.6. The standard InChI is InChI=1S/C29H31N7O2/c1-20(37)17-34-7-9-35(10-8-34)28-6-5-22(13-30-28)23-12-26-27(16-32-29(26)31-14-23)24-15-33-36(19-24)18-21-3-2-4-25(38)11-21/h2-6,11-16,19-20,37-38H,7-10,17-18H2,1H3,(H,31,32). The molecule has 5 heterocycles. The van der Waals surface area contributed by atoms with E-state index in [4.69, 9.17) is 4.98 Å². The molecule has 1 fully saturated rings. The maximum atomic E-state index is 9.74. The summed E-state index contributed by atoms with van der Waals surface area (Å²) in [6.07, 6.45) is 9.33. The van der Waals surface area contributed by atoms with E-state index in [9.17, 15) is 10.2 Å². The lowest BCUT2D eigenvalue weighted by Crippen LogP contribution is -2.48. The zero-order valence-corrected chi connectivity index (χ0v) is 21.3. The largest absolute Gasteiger partial charge is 0.508 e. The van der Waals surface area contributed by atoms with Gasteiger partial charge in [0.05, 0.1) is 18.8 Å². The van der Waals surface area contributed by atoms with Crippen molar-refractivity contribution in [2.75, 3.05) is 37.6 Å². The van der Waals surface area contributed by atoms with Crippen LogP contribution < -0.4 is 4.90 Å². The van der Waals surface area contributed by atoms with Crippen molar-refractivity contribution in [3.05, 3.63) is 79.0 Å². The fourth-order valence-corrected chi connectivity index (χ4v) is 5.11. The molecule has 1 aliphatic rings. The Morgan fingerprint density at radius 1 is 0.947 bits per heavy atom. The highest BCUT2D eigenvalue weighted by molar-refractivity contribution is 5.95. The highest BCUT2D eigenvalue weighted by Gasteiger charge is 2.19. The second-order valence-corrected chi connectivity index (χ2v) is 9.96. The summed E-state index contributed by atoms with van der Waals surface area (Å²) in [5.74, 6) is 1.23. The van der Waals surface area contributed by atoms with Gasteiger partial charge in [0.15, 0.2) is 0 Å². The Labute approximate surface area is 221 Å². The van der Waals surface area contributed by atoms with E-state index >= 15 is 0 Å². The molecule has 0 saturated carbocycles. The maximum absolute atomic E-state index is 9.74. The molecule has 4 aromatic heterocycles. The predicted molar refractivity (Wildman–Crippen MR) is 148 cm³/mol. The van der Waals surface area contributed by atoms with Gasteiger partial charge in [-0.1, -0.05) is 12.1 Å². The number of H-pyrrole nitrogens is 1. The van der Waals surface area contributed by atoms with Crippen LogP contribution in [0.3, 0.4) is 0 Å². The third-order valence-electron chi connectivity index (χ3n) is 7.03. The Bertz CT molecular complexity index is 1530. The highest BCUT2D eigenvalue weighted by Crippen LogP contribution is 2.31. The van der Waals surface area contributed by atoms with Crippen molar-refractivity contribution in [3.63, 3.8) is 0 Å². The fraction of sp³-hybridized carbons (Fsp3) is 0.276. The number of aliphatic hydroxyl groups is 1. The number of aromatic hydroxyl groups is 1. The van der Waals surface area contributed by atoms with E-state index in [-0.39, 0.29) is 11.9 Å². The van der Waals surface area contributed by atoms with Crippen molar-refractivity contribution >= 4 is 16.9 Å². The topological polar surface area (TPSA) is 106 Å². The molecule has 5 aromatic rings. The van der Waals surface area contributed by atoms with Crippen LogP contribution in [-0.4, -0.2) is 78.7 Å². The number of aromatic nitrogens is 5. The van der Waals surface area contributed by atoms with Crippen LogP contribution in [0.25, 0.3) is 33.3 Å². The number of piperazine rings is 1. The molecule has 38 heavy (non-hydrogen) atoms. The van der Waals surface area contributed by atoms with Gasteiger partial charge in [-0.2, -0.15) is 5.10 Å². The van der Waals surface area contributed by atoms with Crippen molar-refractivity contribution in [2.45, 2.75) is 19.6 Å². The normalized spacial score (nSPS) is 15.3. The lowest BCUT2D eigenvalue weighted by atomic mass is 10.1. The van der Waals surface area contributed by atoms with E-state index in [1.54, 1.807) is 12.1 Å². The minimum absolute atomic E-state index is 0.253. The first-order valence-corrected chi connectivity index (χ1v) is 12.9. The summed E-state index contributed by atoms with van der Waals surface area (Å²) in [7, 11) is 0. The number of pyridine rings is 2. The summed E-state index contributed by atoms with van der Waals surface area (Å²) in [5.41, 5.74) is 5.87. The van der Waals surface area contributed by atoms with Gasteiger partial charge >= 0.3 is 0 Å². The lowest BCUT2D eigenvalue weighted by Gasteiger charge is -2.35. The van der Waals surface area contributed by atoms with Gasteiger partial charge in [0.25, 0.3) is 0 Å². The summed E-state index contributed by atoms with van der Waals surface area (Å²) < 4.78 is 1.87. The maximum Gasteiger partial charge on any atom is 0.137 e. The van der Waals surface area contributed by atoms with E-state index in [0.29, 0.717) is 6.54 Å². The lowest BCUT2D eigenvalue weighted by molar-refractivity contribution is 0.122. The number of phenolic OH excluding ortho intramolecular Hbond substituents is 1. The summed E-state index contributed by atoms with van der Waals surface area (Å²) in [4.78, 5) is 17.3. The number of benzene rings is 1. The molecule has 9 heteroatoms. The molecule has 3 N–H and O–H groups in total. The molecule has 0 spiro atoms. The van der Waals surface area contributed by atoms with Crippen LogP contribution >= 0.6 is 0 Å². The van der Waals surface area contributed by atoms with E-state index in [1.165, 1.54) is 0 Å². The number of fused-ring (bicyclic) bond motifs is 1. The van der Waals surface area contributed by atoms with Crippen LogP contribution in [0, 0.1) is 0 Å². The van der Waals surface area contributed by atoms with Gasteiger partial charge in [0, 0.05) is 85.2 Å². The molecule has 9 nitrogen and oxygen atoms in total. The number of nitrogens with one attached hydrogen (secondary N) is 1. The van der Waals surface area contributed by atoms with Crippen molar-refractivity contribution in [1.82, 2.24) is 29.6 Å².